The second-order valence-corrected chi connectivity index (χ2v) is 3.57. The van der Waals surface area contributed by atoms with Gasteiger partial charge < -0.3 is 0 Å². The summed E-state index contributed by atoms with van der Waals surface area (Å²) >= 11 is 0. The highest BCUT2D eigenvalue weighted by Gasteiger charge is 2.10. The van der Waals surface area contributed by atoms with E-state index in [1.54, 1.807) is 12.1 Å². The van der Waals surface area contributed by atoms with Crippen LogP contribution < -0.4 is 0 Å². The molecular formula is C14H11FO. The van der Waals surface area contributed by atoms with Gasteiger partial charge >= 0.3 is 0 Å². The first-order valence-corrected chi connectivity index (χ1v) is 5.09. The largest absolute Gasteiger partial charge is 0.294 e. The van der Waals surface area contributed by atoms with Gasteiger partial charge in [0.05, 0.1) is 5.56 Å². The predicted octanol–water partition coefficient (Wildman–Crippen LogP) is 3.25. The van der Waals surface area contributed by atoms with Crippen molar-refractivity contribution in [3.8, 4) is 0 Å². The highest BCUT2D eigenvalue weighted by Crippen LogP contribution is 2.10. The second-order valence-electron chi connectivity index (χ2n) is 3.57. The first-order chi connectivity index (χ1) is 7.77. The minimum Gasteiger partial charge on any atom is -0.294 e. The molecule has 0 aliphatic carbocycles. The summed E-state index contributed by atoms with van der Waals surface area (Å²) in [5.74, 6) is -0.646. The Kier molecular flexibility index (Phi) is 3.10. The van der Waals surface area contributed by atoms with E-state index in [4.69, 9.17) is 0 Å². The number of hydrogen-bond acceptors (Lipinski definition) is 1. The monoisotopic (exact) mass is 214 g/mol. The molecule has 0 unspecified atom stereocenters. The first-order valence-electron chi connectivity index (χ1n) is 5.09. The molecule has 0 bridgehead atoms. The molecule has 0 saturated carbocycles. The van der Waals surface area contributed by atoms with Crippen molar-refractivity contribution in [1.29, 1.82) is 0 Å². The molecule has 0 heterocycles. The molecule has 0 aromatic heterocycles. The molecule has 0 fully saturated rings. The normalized spacial score (nSPS) is 10.1. The van der Waals surface area contributed by atoms with E-state index in [2.05, 4.69) is 0 Å². The van der Waals surface area contributed by atoms with Crippen molar-refractivity contribution in [2.24, 2.45) is 0 Å². The van der Waals surface area contributed by atoms with Gasteiger partial charge in [0.1, 0.15) is 5.82 Å². The molecule has 0 spiro atoms. The fourth-order valence-electron chi connectivity index (χ4n) is 1.56. The molecule has 0 aliphatic rings. The standard InChI is InChI=1S/C14H11FO/c15-13-9-5-4-8-12(13)14(16)10-11-6-2-1-3-7-11/h1-9H,10H2. The van der Waals surface area contributed by atoms with Gasteiger partial charge in [-0.05, 0) is 17.7 Å². The molecule has 0 saturated heterocycles. The van der Waals surface area contributed by atoms with E-state index in [-0.39, 0.29) is 17.8 Å². The number of rotatable bonds is 3. The van der Waals surface area contributed by atoms with E-state index in [0.29, 0.717) is 0 Å². The summed E-state index contributed by atoms with van der Waals surface area (Å²) in [6.45, 7) is 0. The molecule has 2 aromatic carbocycles. The van der Waals surface area contributed by atoms with Crippen molar-refractivity contribution in [3.63, 3.8) is 0 Å². The average Bonchev–Trinajstić information content (AvgIpc) is 2.31. The lowest BCUT2D eigenvalue weighted by Crippen LogP contribution is -2.05. The van der Waals surface area contributed by atoms with E-state index in [9.17, 15) is 9.18 Å². The minimum absolute atomic E-state index is 0.159. The van der Waals surface area contributed by atoms with Gasteiger partial charge in [-0.15, -0.1) is 0 Å². The number of carbonyl (C=O) groups is 1. The van der Waals surface area contributed by atoms with E-state index < -0.39 is 5.82 Å². The number of halogens is 1. The highest BCUT2D eigenvalue weighted by atomic mass is 19.1. The van der Waals surface area contributed by atoms with Crippen LogP contribution in [0.4, 0.5) is 4.39 Å². The Balaban J connectivity index is 2.19. The van der Waals surface area contributed by atoms with Gasteiger partial charge in [0.2, 0.25) is 0 Å². The van der Waals surface area contributed by atoms with Crippen molar-refractivity contribution in [2.75, 3.05) is 0 Å². The Morgan fingerprint density at radius 3 is 2.25 bits per heavy atom. The molecule has 16 heavy (non-hydrogen) atoms. The van der Waals surface area contributed by atoms with E-state index in [0.717, 1.165) is 5.56 Å². The molecule has 0 atom stereocenters. The molecule has 2 aromatic rings. The fraction of sp³-hybridized carbons (Fsp3) is 0.0714. The molecular weight excluding hydrogens is 203 g/mol. The maximum Gasteiger partial charge on any atom is 0.170 e. The van der Waals surface area contributed by atoms with Crippen LogP contribution in [0.1, 0.15) is 15.9 Å². The van der Waals surface area contributed by atoms with Crippen molar-refractivity contribution >= 4 is 5.78 Å². The summed E-state index contributed by atoms with van der Waals surface area (Å²) in [6, 6.07) is 15.4. The predicted molar refractivity (Wildman–Crippen MR) is 60.9 cm³/mol. The van der Waals surface area contributed by atoms with Crippen LogP contribution in [0, 0.1) is 5.82 Å². The Bertz CT molecular complexity index is 491. The fourth-order valence-corrected chi connectivity index (χ4v) is 1.56. The highest BCUT2D eigenvalue weighted by molar-refractivity contribution is 5.97. The molecule has 80 valence electrons. The van der Waals surface area contributed by atoms with Crippen LogP contribution >= 0.6 is 0 Å². The number of Topliss-reactive ketones (excluding diaryl/α,β-unsaturated/α-hetero) is 1. The lowest BCUT2D eigenvalue weighted by molar-refractivity contribution is 0.0989. The van der Waals surface area contributed by atoms with Gasteiger partial charge in [0.25, 0.3) is 0 Å². The quantitative estimate of drug-likeness (QED) is 0.717. The lowest BCUT2D eigenvalue weighted by Gasteiger charge is -2.02. The molecule has 0 amide bonds. The van der Waals surface area contributed by atoms with Crippen molar-refractivity contribution in [2.45, 2.75) is 6.42 Å². The summed E-state index contributed by atoms with van der Waals surface area (Å²) < 4.78 is 13.3. The van der Waals surface area contributed by atoms with Crippen LogP contribution in [0.3, 0.4) is 0 Å². The third-order valence-corrected chi connectivity index (χ3v) is 2.38. The topological polar surface area (TPSA) is 17.1 Å². The lowest BCUT2D eigenvalue weighted by atomic mass is 10.0. The molecule has 0 radical (unpaired) electrons. The smallest absolute Gasteiger partial charge is 0.170 e. The minimum atomic E-state index is -0.455. The van der Waals surface area contributed by atoms with Crippen LogP contribution in [0.15, 0.2) is 54.6 Å². The van der Waals surface area contributed by atoms with Crippen molar-refractivity contribution < 1.29 is 9.18 Å². The van der Waals surface area contributed by atoms with Gasteiger partial charge in [-0.1, -0.05) is 42.5 Å². The zero-order valence-corrected chi connectivity index (χ0v) is 8.69. The molecule has 0 aliphatic heterocycles. The van der Waals surface area contributed by atoms with Crippen LogP contribution in [-0.4, -0.2) is 5.78 Å². The maximum atomic E-state index is 13.3. The zero-order valence-electron chi connectivity index (χ0n) is 8.69. The summed E-state index contributed by atoms with van der Waals surface area (Å²) in [4.78, 5) is 11.8. The molecule has 0 N–H and O–H groups in total. The first kappa shape index (κ1) is 10.6. The van der Waals surface area contributed by atoms with E-state index >= 15 is 0 Å². The van der Waals surface area contributed by atoms with E-state index in [1.165, 1.54) is 12.1 Å². The zero-order chi connectivity index (χ0) is 11.4. The van der Waals surface area contributed by atoms with Crippen LogP contribution in [-0.2, 0) is 6.42 Å². The average molecular weight is 214 g/mol. The van der Waals surface area contributed by atoms with E-state index in [1.807, 2.05) is 30.3 Å². The summed E-state index contributed by atoms with van der Waals surface area (Å²) in [6.07, 6.45) is 0.238. The Hall–Kier alpha value is -1.96. The number of ketones is 1. The van der Waals surface area contributed by atoms with Gasteiger partial charge in [-0.25, -0.2) is 4.39 Å². The number of hydrogen-bond donors (Lipinski definition) is 0. The van der Waals surface area contributed by atoms with Gasteiger partial charge in [0, 0.05) is 6.42 Å². The Morgan fingerprint density at radius 2 is 1.56 bits per heavy atom. The second kappa shape index (κ2) is 4.71. The van der Waals surface area contributed by atoms with Crippen LogP contribution in [0.2, 0.25) is 0 Å². The maximum absolute atomic E-state index is 13.3. The van der Waals surface area contributed by atoms with Crippen molar-refractivity contribution in [1.82, 2.24) is 0 Å². The summed E-state index contributed by atoms with van der Waals surface area (Å²) in [5, 5.41) is 0. The third kappa shape index (κ3) is 2.34. The third-order valence-electron chi connectivity index (χ3n) is 2.38. The summed E-state index contributed by atoms with van der Waals surface area (Å²) in [5.41, 5.74) is 1.06. The molecule has 1 nitrogen and oxygen atoms in total. The van der Waals surface area contributed by atoms with Crippen LogP contribution in [0.5, 0.6) is 0 Å². The van der Waals surface area contributed by atoms with Gasteiger partial charge in [0.15, 0.2) is 5.78 Å². The van der Waals surface area contributed by atoms with Gasteiger partial charge in [-0.2, -0.15) is 0 Å². The SMILES string of the molecule is O=C(Cc1ccccc1)c1ccccc1F. The Morgan fingerprint density at radius 1 is 0.938 bits per heavy atom. The molecule has 2 rings (SSSR count). The number of carbonyl (C=O) groups excluding carboxylic acids is 1. The Labute approximate surface area is 93.5 Å². The summed E-state index contributed by atoms with van der Waals surface area (Å²) in [7, 11) is 0. The van der Waals surface area contributed by atoms with Crippen LogP contribution in [0.25, 0.3) is 0 Å². The van der Waals surface area contributed by atoms with Gasteiger partial charge in [-0.3, -0.25) is 4.79 Å². The van der Waals surface area contributed by atoms with Crippen molar-refractivity contribution in [3.05, 3.63) is 71.5 Å². The molecule has 2 heteroatoms. The number of benzene rings is 2.